The zero-order valence-electron chi connectivity index (χ0n) is 11.1. The Bertz CT molecular complexity index is 774. The predicted octanol–water partition coefficient (Wildman–Crippen LogP) is 2.95. The van der Waals surface area contributed by atoms with Crippen molar-refractivity contribution in [3.63, 3.8) is 0 Å². The van der Waals surface area contributed by atoms with Crippen molar-refractivity contribution in [2.24, 2.45) is 0 Å². The number of esters is 1. The van der Waals surface area contributed by atoms with Crippen molar-refractivity contribution in [1.29, 1.82) is 0 Å². The Hall–Kier alpha value is -2.41. The molecular formula is C14H11N3O3S. The third-order valence-electron chi connectivity index (χ3n) is 2.69. The highest BCUT2D eigenvalue weighted by Gasteiger charge is 2.20. The van der Waals surface area contributed by atoms with Crippen LogP contribution in [0.3, 0.4) is 0 Å². The van der Waals surface area contributed by atoms with Gasteiger partial charge in [0.1, 0.15) is 6.26 Å². The molecule has 0 amide bonds. The quantitative estimate of drug-likeness (QED) is 0.685. The van der Waals surface area contributed by atoms with E-state index in [1.165, 1.54) is 18.0 Å². The maximum Gasteiger partial charge on any atom is 0.360 e. The van der Waals surface area contributed by atoms with E-state index < -0.39 is 5.97 Å². The molecule has 0 aliphatic carbocycles. The van der Waals surface area contributed by atoms with E-state index >= 15 is 0 Å². The van der Waals surface area contributed by atoms with Gasteiger partial charge in [-0.1, -0.05) is 18.2 Å². The fraction of sp³-hybridized carbons (Fsp3) is 0.143. The largest absolute Gasteiger partial charge is 0.461 e. The summed E-state index contributed by atoms with van der Waals surface area (Å²) in [7, 11) is 0. The standard InChI is InChI=1S/C14H11N3O3S/c1-2-19-13(18)11-12(21-14-15-7-8-20-14)9-5-3-4-6-10(9)16-17-11/h3-8H,2H2,1H3. The lowest BCUT2D eigenvalue weighted by Crippen LogP contribution is -2.10. The van der Waals surface area contributed by atoms with Crippen LogP contribution in [-0.4, -0.2) is 27.8 Å². The van der Waals surface area contributed by atoms with E-state index in [9.17, 15) is 4.79 Å². The van der Waals surface area contributed by atoms with Gasteiger partial charge in [-0.2, -0.15) is 0 Å². The van der Waals surface area contributed by atoms with Crippen LogP contribution in [0.2, 0.25) is 0 Å². The van der Waals surface area contributed by atoms with Gasteiger partial charge in [-0.15, -0.1) is 10.2 Å². The monoisotopic (exact) mass is 301 g/mol. The highest BCUT2D eigenvalue weighted by molar-refractivity contribution is 7.99. The van der Waals surface area contributed by atoms with E-state index in [0.29, 0.717) is 15.6 Å². The van der Waals surface area contributed by atoms with Crippen molar-refractivity contribution in [2.75, 3.05) is 6.61 Å². The van der Waals surface area contributed by atoms with Crippen LogP contribution in [0, 0.1) is 0 Å². The molecule has 0 spiro atoms. The molecule has 0 saturated heterocycles. The summed E-state index contributed by atoms with van der Waals surface area (Å²) in [6.45, 7) is 2.02. The molecule has 3 rings (SSSR count). The number of hydrogen-bond acceptors (Lipinski definition) is 7. The van der Waals surface area contributed by atoms with Gasteiger partial charge in [-0.25, -0.2) is 9.78 Å². The van der Waals surface area contributed by atoms with Gasteiger partial charge in [0.25, 0.3) is 5.22 Å². The second kappa shape index (κ2) is 5.92. The van der Waals surface area contributed by atoms with Crippen molar-refractivity contribution in [2.45, 2.75) is 17.0 Å². The molecule has 0 aliphatic rings. The molecule has 0 radical (unpaired) electrons. The van der Waals surface area contributed by atoms with Gasteiger partial charge in [0, 0.05) is 5.39 Å². The van der Waals surface area contributed by atoms with Crippen molar-refractivity contribution in [1.82, 2.24) is 15.2 Å². The molecule has 2 aromatic heterocycles. The third-order valence-corrected chi connectivity index (χ3v) is 3.68. The zero-order valence-corrected chi connectivity index (χ0v) is 12.0. The van der Waals surface area contributed by atoms with Gasteiger partial charge in [-0.05, 0) is 24.8 Å². The number of oxazole rings is 1. The average molecular weight is 301 g/mol. The topological polar surface area (TPSA) is 78.1 Å². The van der Waals surface area contributed by atoms with Crippen molar-refractivity contribution in [3.05, 3.63) is 42.4 Å². The molecule has 0 N–H and O–H groups in total. The lowest BCUT2D eigenvalue weighted by molar-refractivity contribution is 0.0514. The lowest BCUT2D eigenvalue weighted by atomic mass is 10.2. The molecular weight excluding hydrogens is 290 g/mol. The molecule has 0 saturated carbocycles. The molecule has 0 unspecified atom stereocenters. The molecule has 1 aromatic carbocycles. The van der Waals surface area contributed by atoms with E-state index in [0.717, 1.165) is 5.39 Å². The van der Waals surface area contributed by atoms with E-state index in [1.807, 2.05) is 24.3 Å². The summed E-state index contributed by atoms with van der Waals surface area (Å²) >= 11 is 1.22. The first-order valence-corrected chi connectivity index (χ1v) is 7.11. The number of carbonyl (C=O) groups is 1. The van der Waals surface area contributed by atoms with Gasteiger partial charge in [0.15, 0.2) is 5.69 Å². The summed E-state index contributed by atoms with van der Waals surface area (Å²) in [6.07, 6.45) is 3.02. The summed E-state index contributed by atoms with van der Waals surface area (Å²) in [4.78, 5) is 16.7. The van der Waals surface area contributed by atoms with Crippen LogP contribution in [0.15, 0.2) is 51.3 Å². The first-order valence-electron chi connectivity index (χ1n) is 6.29. The number of ether oxygens (including phenoxy) is 1. The van der Waals surface area contributed by atoms with Gasteiger partial charge >= 0.3 is 5.97 Å². The SMILES string of the molecule is CCOC(=O)c1nnc2ccccc2c1Sc1ncco1. The highest BCUT2D eigenvalue weighted by Crippen LogP contribution is 2.34. The molecule has 106 valence electrons. The first kappa shape index (κ1) is 13.6. The van der Waals surface area contributed by atoms with Gasteiger partial charge < -0.3 is 9.15 Å². The smallest absolute Gasteiger partial charge is 0.360 e. The van der Waals surface area contributed by atoms with Crippen molar-refractivity contribution < 1.29 is 13.9 Å². The molecule has 0 fully saturated rings. The zero-order chi connectivity index (χ0) is 14.7. The van der Waals surface area contributed by atoms with Gasteiger partial charge in [-0.3, -0.25) is 0 Å². The molecule has 21 heavy (non-hydrogen) atoms. The van der Waals surface area contributed by atoms with Crippen LogP contribution in [0.1, 0.15) is 17.4 Å². The number of hydrogen-bond donors (Lipinski definition) is 0. The first-order chi connectivity index (χ1) is 10.3. The molecule has 3 aromatic rings. The predicted molar refractivity (Wildman–Crippen MR) is 76.1 cm³/mol. The maximum atomic E-state index is 12.0. The van der Waals surface area contributed by atoms with Crippen LogP contribution in [-0.2, 0) is 4.74 Å². The fourth-order valence-corrected chi connectivity index (χ4v) is 2.71. The number of rotatable bonds is 4. The van der Waals surface area contributed by atoms with E-state index in [-0.39, 0.29) is 12.3 Å². The Morgan fingerprint density at radius 3 is 2.95 bits per heavy atom. The van der Waals surface area contributed by atoms with E-state index in [2.05, 4.69) is 15.2 Å². The third kappa shape index (κ3) is 2.73. The Morgan fingerprint density at radius 2 is 2.19 bits per heavy atom. The molecule has 6 nitrogen and oxygen atoms in total. The van der Waals surface area contributed by atoms with Crippen molar-refractivity contribution in [3.8, 4) is 0 Å². The minimum atomic E-state index is -0.509. The molecule has 0 aliphatic heterocycles. The van der Waals surface area contributed by atoms with Crippen LogP contribution >= 0.6 is 11.8 Å². The van der Waals surface area contributed by atoms with Gasteiger partial charge in [0.05, 0.1) is 23.2 Å². The molecule has 0 atom stereocenters. The number of benzene rings is 1. The van der Waals surface area contributed by atoms with Gasteiger partial charge in [0.2, 0.25) is 0 Å². The number of carbonyl (C=O) groups excluding carboxylic acids is 1. The Balaban J connectivity index is 2.15. The number of nitrogens with zero attached hydrogens (tertiary/aromatic N) is 3. The normalized spacial score (nSPS) is 10.7. The second-order valence-corrected chi connectivity index (χ2v) is 4.98. The molecule has 7 heteroatoms. The number of fused-ring (bicyclic) bond motifs is 1. The summed E-state index contributed by atoms with van der Waals surface area (Å²) < 4.78 is 10.3. The lowest BCUT2D eigenvalue weighted by Gasteiger charge is -2.08. The average Bonchev–Trinajstić information content (AvgIpc) is 3.01. The fourth-order valence-electron chi connectivity index (χ4n) is 1.81. The van der Waals surface area contributed by atoms with E-state index in [4.69, 9.17) is 9.15 Å². The summed E-state index contributed by atoms with van der Waals surface area (Å²) in [5, 5.41) is 9.28. The van der Waals surface area contributed by atoms with Crippen LogP contribution in [0.5, 0.6) is 0 Å². The maximum absolute atomic E-state index is 12.0. The van der Waals surface area contributed by atoms with Crippen LogP contribution < -0.4 is 0 Å². The Kier molecular flexibility index (Phi) is 3.83. The molecule has 2 heterocycles. The van der Waals surface area contributed by atoms with Crippen LogP contribution in [0.4, 0.5) is 0 Å². The highest BCUT2D eigenvalue weighted by atomic mass is 32.2. The second-order valence-electron chi connectivity index (χ2n) is 4.02. The summed E-state index contributed by atoms with van der Waals surface area (Å²) in [5.41, 5.74) is 0.860. The minimum absolute atomic E-state index is 0.166. The number of aromatic nitrogens is 3. The molecule has 0 bridgehead atoms. The van der Waals surface area contributed by atoms with E-state index in [1.54, 1.807) is 13.1 Å². The Morgan fingerprint density at radius 1 is 1.33 bits per heavy atom. The summed E-state index contributed by atoms with van der Waals surface area (Å²) in [5.74, 6) is -0.509. The Labute approximate surface area is 124 Å². The minimum Gasteiger partial charge on any atom is -0.461 e. The summed E-state index contributed by atoms with van der Waals surface area (Å²) in [6, 6.07) is 7.44. The van der Waals surface area contributed by atoms with Crippen LogP contribution in [0.25, 0.3) is 10.9 Å². The van der Waals surface area contributed by atoms with Crippen molar-refractivity contribution >= 4 is 28.6 Å².